The van der Waals surface area contributed by atoms with E-state index in [9.17, 15) is 14.7 Å². The van der Waals surface area contributed by atoms with Crippen molar-refractivity contribution >= 4 is 35.6 Å². The van der Waals surface area contributed by atoms with Gasteiger partial charge in [-0.3, -0.25) is 9.59 Å². The van der Waals surface area contributed by atoms with Crippen LogP contribution in [-0.2, 0) is 16.2 Å². The van der Waals surface area contributed by atoms with Gasteiger partial charge in [0.1, 0.15) is 5.01 Å². The van der Waals surface area contributed by atoms with Crippen LogP contribution in [0.5, 0.6) is 0 Å². The van der Waals surface area contributed by atoms with Gasteiger partial charge in [0, 0.05) is 12.1 Å². The zero-order valence-electron chi connectivity index (χ0n) is 17.0. The van der Waals surface area contributed by atoms with Gasteiger partial charge in [0.2, 0.25) is 0 Å². The molecule has 2 amide bonds. The predicted octanol–water partition coefficient (Wildman–Crippen LogP) is 2.50. The number of nitrogens with zero attached hydrogens (tertiary/aromatic N) is 1. The second kappa shape index (κ2) is 11.8. The number of nitrogens with one attached hydrogen (secondary N) is 3. The Morgan fingerprint density at radius 1 is 1.14 bits per heavy atom. The summed E-state index contributed by atoms with van der Waals surface area (Å²) in [6, 6.07) is -0.229. The molecule has 1 aromatic rings. The molecule has 0 bridgehead atoms. The number of aliphatic hydroxyl groups excluding tert-OH is 1. The highest BCUT2D eigenvalue weighted by atomic mass is 35.5. The molecule has 7 nitrogen and oxygen atoms in total. The van der Waals surface area contributed by atoms with E-state index in [0.717, 1.165) is 67.1 Å². The molecule has 2 atom stereocenters. The lowest BCUT2D eigenvalue weighted by Crippen LogP contribution is -2.50. The molecule has 0 radical (unpaired) electrons. The van der Waals surface area contributed by atoms with Gasteiger partial charge in [0.05, 0.1) is 23.2 Å². The van der Waals surface area contributed by atoms with Crippen LogP contribution < -0.4 is 16.0 Å². The number of carbonyl (C=O) groups excluding carboxylic acids is 2. The Bertz CT molecular complexity index is 671. The maximum absolute atomic E-state index is 12.7. The monoisotopic (exact) mass is 444 g/mol. The van der Waals surface area contributed by atoms with Crippen LogP contribution in [0.25, 0.3) is 0 Å². The molecule has 4 N–H and O–H groups in total. The molecular weight excluding hydrogens is 412 g/mol. The maximum Gasteiger partial charge on any atom is 0.309 e. The fourth-order valence-corrected chi connectivity index (χ4v) is 5.15. The van der Waals surface area contributed by atoms with Crippen molar-refractivity contribution in [3.8, 4) is 0 Å². The normalized spacial score (nSPS) is 21.5. The highest BCUT2D eigenvalue weighted by Crippen LogP contribution is 2.29. The molecule has 1 aliphatic heterocycles. The minimum absolute atomic E-state index is 0. The van der Waals surface area contributed by atoms with Gasteiger partial charge < -0.3 is 21.1 Å². The second-order valence-electron chi connectivity index (χ2n) is 7.89. The van der Waals surface area contributed by atoms with Crippen LogP contribution in [-0.4, -0.2) is 40.5 Å². The average molecular weight is 445 g/mol. The minimum Gasteiger partial charge on any atom is -0.391 e. The summed E-state index contributed by atoms with van der Waals surface area (Å²) >= 11 is 1.41. The van der Waals surface area contributed by atoms with Crippen LogP contribution in [0, 0.1) is 6.92 Å². The third-order valence-electron chi connectivity index (χ3n) is 5.75. The van der Waals surface area contributed by atoms with Crippen LogP contribution in [0.2, 0.25) is 0 Å². The zero-order chi connectivity index (χ0) is 19.9. The average Bonchev–Trinajstić information content (AvgIpc) is 2.90. The van der Waals surface area contributed by atoms with E-state index in [1.807, 2.05) is 6.92 Å². The van der Waals surface area contributed by atoms with Gasteiger partial charge in [-0.15, -0.1) is 23.7 Å². The number of hydrogen-bond donors (Lipinski definition) is 4. The first kappa shape index (κ1) is 24.1. The quantitative estimate of drug-likeness (QED) is 0.412. The topological polar surface area (TPSA) is 103 Å². The molecule has 1 saturated heterocycles. The van der Waals surface area contributed by atoms with E-state index in [2.05, 4.69) is 20.9 Å². The molecule has 2 unspecified atom stereocenters. The number of aryl methyl sites for hydroxylation is 1. The van der Waals surface area contributed by atoms with Crippen molar-refractivity contribution in [2.45, 2.75) is 89.4 Å². The third-order valence-corrected chi connectivity index (χ3v) is 6.98. The number of thiazole rings is 1. The van der Waals surface area contributed by atoms with Crippen molar-refractivity contribution in [1.82, 2.24) is 20.9 Å². The summed E-state index contributed by atoms with van der Waals surface area (Å²) in [5.74, 6) is -1.15. The second-order valence-corrected chi connectivity index (χ2v) is 9.00. The van der Waals surface area contributed by atoms with E-state index in [1.54, 1.807) is 0 Å². The fraction of sp³-hybridized carbons (Fsp3) is 0.750. The van der Waals surface area contributed by atoms with E-state index < -0.39 is 11.8 Å². The first-order valence-corrected chi connectivity index (χ1v) is 11.3. The predicted molar refractivity (Wildman–Crippen MR) is 116 cm³/mol. The lowest BCUT2D eigenvalue weighted by molar-refractivity contribution is -0.140. The van der Waals surface area contributed by atoms with Crippen LogP contribution >= 0.6 is 23.7 Å². The van der Waals surface area contributed by atoms with Crippen LogP contribution in [0.15, 0.2) is 0 Å². The summed E-state index contributed by atoms with van der Waals surface area (Å²) in [6.45, 7) is 2.68. The molecule has 2 aliphatic rings. The van der Waals surface area contributed by atoms with Crippen molar-refractivity contribution in [1.29, 1.82) is 0 Å². The van der Waals surface area contributed by atoms with Crippen molar-refractivity contribution in [2.24, 2.45) is 0 Å². The zero-order valence-corrected chi connectivity index (χ0v) is 18.7. The molecule has 1 aromatic heterocycles. The maximum atomic E-state index is 12.7. The number of piperidine rings is 1. The van der Waals surface area contributed by atoms with E-state index in [4.69, 9.17) is 0 Å². The molecule has 164 valence electrons. The minimum atomic E-state index is -0.597. The molecule has 1 aliphatic carbocycles. The van der Waals surface area contributed by atoms with Crippen molar-refractivity contribution < 1.29 is 14.7 Å². The Labute approximate surface area is 182 Å². The fourth-order valence-electron chi connectivity index (χ4n) is 4.11. The van der Waals surface area contributed by atoms with E-state index >= 15 is 0 Å². The van der Waals surface area contributed by atoms with E-state index in [0.29, 0.717) is 0 Å². The van der Waals surface area contributed by atoms with Crippen molar-refractivity contribution in [3.05, 3.63) is 15.6 Å². The summed E-state index contributed by atoms with van der Waals surface area (Å²) in [5.41, 5.74) is 0.778. The van der Waals surface area contributed by atoms with Gasteiger partial charge in [-0.1, -0.05) is 32.1 Å². The first-order valence-electron chi connectivity index (χ1n) is 10.5. The highest BCUT2D eigenvalue weighted by molar-refractivity contribution is 7.11. The summed E-state index contributed by atoms with van der Waals surface area (Å²) in [7, 11) is 0. The third kappa shape index (κ3) is 6.64. The summed E-state index contributed by atoms with van der Waals surface area (Å²) < 4.78 is 0. The van der Waals surface area contributed by atoms with Gasteiger partial charge >= 0.3 is 11.8 Å². The molecule has 29 heavy (non-hydrogen) atoms. The Morgan fingerprint density at radius 3 is 2.41 bits per heavy atom. The summed E-state index contributed by atoms with van der Waals surface area (Å²) in [4.78, 5) is 30.5. The summed E-state index contributed by atoms with van der Waals surface area (Å²) in [5, 5.41) is 19.5. The standard InChI is InChI=1S/C20H32N4O3S.ClH/c1-13-16(12-25)28-20(22-13)17(15-10-6-7-11-21-15)24-19(27)18(26)23-14-8-4-2-3-5-9-14;/h14-15,17,21,25H,2-12H2,1H3,(H,23,26)(H,24,27);1H. The Morgan fingerprint density at radius 2 is 1.83 bits per heavy atom. The SMILES string of the molecule is Cc1nc(C(NC(=O)C(=O)NC2CCCCCC2)C2CCCCN2)sc1CO.Cl. The smallest absolute Gasteiger partial charge is 0.309 e. The van der Waals surface area contributed by atoms with E-state index in [-0.39, 0.29) is 37.1 Å². The lowest BCUT2D eigenvalue weighted by atomic mass is 9.98. The Hall–Kier alpha value is -1.22. The van der Waals surface area contributed by atoms with Gasteiger partial charge in [-0.2, -0.15) is 0 Å². The molecule has 0 spiro atoms. The summed E-state index contributed by atoms with van der Waals surface area (Å²) in [6.07, 6.45) is 9.59. The number of halogens is 1. The molecule has 2 heterocycles. The van der Waals surface area contributed by atoms with Crippen molar-refractivity contribution in [2.75, 3.05) is 6.54 Å². The molecule has 9 heteroatoms. The number of rotatable bonds is 5. The molecule has 0 aromatic carbocycles. The van der Waals surface area contributed by atoms with E-state index in [1.165, 1.54) is 24.2 Å². The van der Waals surface area contributed by atoms with Crippen LogP contribution in [0.1, 0.15) is 79.4 Å². The first-order chi connectivity index (χ1) is 13.6. The molecular formula is C20H33ClN4O3S. The van der Waals surface area contributed by atoms with Gasteiger partial charge in [-0.25, -0.2) is 4.98 Å². The van der Waals surface area contributed by atoms with Crippen molar-refractivity contribution in [3.63, 3.8) is 0 Å². The number of aromatic nitrogens is 1. The number of amides is 2. The molecule has 1 saturated carbocycles. The largest absolute Gasteiger partial charge is 0.391 e. The number of carbonyl (C=O) groups is 2. The van der Waals surface area contributed by atoms with Crippen LogP contribution in [0.3, 0.4) is 0 Å². The number of hydrogen-bond acceptors (Lipinski definition) is 6. The Balaban J connectivity index is 0.00000300. The molecule has 2 fully saturated rings. The molecule has 3 rings (SSSR count). The highest BCUT2D eigenvalue weighted by Gasteiger charge is 2.31. The van der Waals surface area contributed by atoms with Crippen LogP contribution in [0.4, 0.5) is 0 Å². The number of aliphatic hydroxyl groups is 1. The lowest BCUT2D eigenvalue weighted by Gasteiger charge is -2.30. The van der Waals surface area contributed by atoms with Gasteiger partial charge in [0.15, 0.2) is 0 Å². The Kier molecular flexibility index (Phi) is 9.82. The van der Waals surface area contributed by atoms with Gasteiger partial charge in [-0.05, 0) is 39.2 Å². The van der Waals surface area contributed by atoms with Gasteiger partial charge in [0.25, 0.3) is 0 Å².